The summed E-state index contributed by atoms with van der Waals surface area (Å²) in [7, 11) is 0. The fraction of sp³-hybridized carbons (Fsp3) is 0.250. The van der Waals surface area contributed by atoms with Gasteiger partial charge in [0, 0.05) is 19.2 Å². The first-order valence-electron chi connectivity index (χ1n) is 5.06. The van der Waals surface area contributed by atoms with Crippen molar-refractivity contribution in [3.05, 3.63) is 41.7 Å². The minimum atomic E-state index is -0.386. The van der Waals surface area contributed by atoms with Gasteiger partial charge in [-0.3, -0.25) is 4.79 Å². The van der Waals surface area contributed by atoms with Crippen molar-refractivity contribution in [1.82, 2.24) is 4.90 Å². The highest BCUT2D eigenvalue weighted by atomic mass is 19.1. The van der Waals surface area contributed by atoms with Crippen LogP contribution in [-0.4, -0.2) is 35.1 Å². The molecule has 1 amide bonds. The summed E-state index contributed by atoms with van der Waals surface area (Å²) in [5.74, 6) is -0.427. The molecule has 0 saturated carbocycles. The third-order valence-electron chi connectivity index (χ3n) is 2.46. The van der Waals surface area contributed by atoms with Gasteiger partial charge in [0.1, 0.15) is 5.82 Å². The lowest BCUT2D eigenvalue weighted by Crippen LogP contribution is -2.52. The quantitative estimate of drug-likeness (QED) is 0.758. The van der Waals surface area contributed by atoms with Crippen molar-refractivity contribution in [2.24, 2.45) is 0 Å². The van der Waals surface area contributed by atoms with Crippen LogP contribution in [0.4, 0.5) is 4.39 Å². The molecule has 1 N–H and O–H groups in total. The van der Waals surface area contributed by atoms with Crippen molar-refractivity contribution < 1.29 is 14.3 Å². The number of β-amino-alcohol motifs (C(OH)–C–C–N with tert-alkyl or cyclic N) is 1. The van der Waals surface area contributed by atoms with Gasteiger partial charge in [0.15, 0.2) is 0 Å². The maximum atomic E-state index is 12.6. The predicted molar refractivity (Wildman–Crippen MR) is 58.0 cm³/mol. The number of hydrogen-bond acceptors (Lipinski definition) is 2. The van der Waals surface area contributed by atoms with Gasteiger partial charge in [-0.25, -0.2) is 4.39 Å². The van der Waals surface area contributed by atoms with Crippen LogP contribution in [0.2, 0.25) is 0 Å². The van der Waals surface area contributed by atoms with Crippen LogP contribution in [-0.2, 0) is 4.79 Å². The smallest absolute Gasteiger partial charge is 0.246 e. The minimum Gasteiger partial charge on any atom is -0.389 e. The van der Waals surface area contributed by atoms with Gasteiger partial charge in [0.2, 0.25) is 5.91 Å². The van der Waals surface area contributed by atoms with E-state index in [-0.39, 0.29) is 17.8 Å². The lowest BCUT2D eigenvalue weighted by Gasteiger charge is -2.34. The fourth-order valence-corrected chi connectivity index (χ4v) is 1.48. The molecule has 84 valence electrons. The van der Waals surface area contributed by atoms with Crippen molar-refractivity contribution >= 4 is 12.0 Å². The Kier molecular flexibility index (Phi) is 3.01. The van der Waals surface area contributed by atoms with E-state index in [9.17, 15) is 9.18 Å². The SMILES string of the molecule is O=C(/C=C/c1ccc(F)cc1)N1CC(O)C1. The lowest BCUT2D eigenvalue weighted by atomic mass is 10.1. The molecular weight excluding hydrogens is 209 g/mol. The Balaban J connectivity index is 1.93. The van der Waals surface area contributed by atoms with Gasteiger partial charge in [-0.1, -0.05) is 12.1 Å². The van der Waals surface area contributed by atoms with Gasteiger partial charge in [0.05, 0.1) is 6.10 Å². The number of aliphatic hydroxyl groups excluding tert-OH is 1. The van der Waals surface area contributed by atoms with Crippen LogP contribution in [0.3, 0.4) is 0 Å². The summed E-state index contributed by atoms with van der Waals surface area (Å²) in [5, 5.41) is 9.02. The molecule has 1 saturated heterocycles. The Labute approximate surface area is 92.8 Å². The monoisotopic (exact) mass is 221 g/mol. The molecule has 3 nitrogen and oxygen atoms in total. The second-order valence-electron chi connectivity index (χ2n) is 3.78. The first kappa shape index (κ1) is 10.8. The number of aliphatic hydroxyl groups is 1. The molecule has 0 unspecified atom stereocenters. The van der Waals surface area contributed by atoms with Crippen LogP contribution >= 0.6 is 0 Å². The Morgan fingerprint density at radius 1 is 1.38 bits per heavy atom. The average Bonchev–Trinajstić information content (AvgIpc) is 2.24. The molecule has 16 heavy (non-hydrogen) atoms. The molecule has 4 heteroatoms. The summed E-state index contributed by atoms with van der Waals surface area (Å²) in [6.07, 6.45) is 2.68. The van der Waals surface area contributed by atoms with Gasteiger partial charge in [-0.15, -0.1) is 0 Å². The number of carbonyl (C=O) groups excluding carboxylic acids is 1. The number of carbonyl (C=O) groups is 1. The normalized spacial score (nSPS) is 16.5. The number of rotatable bonds is 2. The Morgan fingerprint density at radius 2 is 2.00 bits per heavy atom. The van der Waals surface area contributed by atoms with Crippen molar-refractivity contribution in [2.75, 3.05) is 13.1 Å². The molecule has 0 aromatic heterocycles. The van der Waals surface area contributed by atoms with Gasteiger partial charge in [0.25, 0.3) is 0 Å². The van der Waals surface area contributed by atoms with Crippen LogP contribution in [0.15, 0.2) is 30.3 Å². The largest absolute Gasteiger partial charge is 0.389 e. The Morgan fingerprint density at radius 3 is 2.56 bits per heavy atom. The zero-order chi connectivity index (χ0) is 11.5. The van der Waals surface area contributed by atoms with E-state index in [1.165, 1.54) is 18.2 Å². The minimum absolute atomic E-state index is 0.130. The number of benzene rings is 1. The lowest BCUT2D eigenvalue weighted by molar-refractivity contribution is -0.135. The van der Waals surface area contributed by atoms with E-state index < -0.39 is 0 Å². The molecule has 0 radical (unpaired) electrons. The van der Waals surface area contributed by atoms with Gasteiger partial charge >= 0.3 is 0 Å². The van der Waals surface area contributed by atoms with Crippen LogP contribution in [0, 0.1) is 5.82 Å². The van der Waals surface area contributed by atoms with Gasteiger partial charge in [-0.05, 0) is 23.8 Å². The number of amides is 1. The summed E-state index contributed by atoms with van der Waals surface area (Å²) in [5.41, 5.74) is 0.774. The van der Waals surface area contributed by atoms with Crippen LogP contribution < -0.4 is 0 Å². The molecule has 1 aliphatic heterocycles. The summed E-state index contributed by atoms with van der Waals surface area (Å²) < 4.78 is 12.6. The number of nitrogens with zero attached hydrogens (tertiary/aromatic N) is 1. The first-order chi connectivity index (χ1) is 7.65. The molecule has 1 fully saturated rings. The van der Waals surface area contributed by atoms with Crippen molar-refractivity contribution in [2.45, 2.75) is 6.10 Å². The topological polar surface area (TPSA) is 40.5 Å². The molecule has 1 aliphatic rings. The van der Waals surface area contributed by atoms with Gasteiger partial charge in [-0.2, -0.15) is 0 Å². The Bertz CT molecular complexity index is 408. The van der Waals surface area contributed by atoms with Crippen molar-refractivity contribution in [3.63, 3.8) is 0 Å². The molecule has 0 spiro atoms. The van der Waals surface area contributed by atoms with E-state index in [1.807, 2.05) is 0 Å². The fourth-order valence-electron chi connectivity index (χ4n) is 1.48. The molecule has 1 heterocycles. The molecule has 0 bridgehead atoms. The zero-order valence-electron chi connectivity index (χ0n) is 8.64. The van der Waals surface area contributed by atoms with Crippen molar-refractivity contribution in [3.8, 4) is 0 Å². The maximum Gasteiger partial charge on any atom is 0.246 e. The highest BCUT2D eigenvalue weighted by Crippen LogP contribution is 2.09. The van der Waals surface area contributed by atoms with E-state index in [2.05, 4.69) is 0 Å². The summed E-state index contributed by atoms with van der Waals surface area (Å²) in [6, 6.07) is 5.89. The number of likely N-dealkylation sites (tertiary alicyclic amines) is 1. The molecule has 1 aromatic rings. The van der Waals surface area contributed by atoms with E-state index in [1.54, 1.807) is 23.1 Å². The third-order valence-corrected chi connectivity index (χ3v) is 2.46. The third kappa shape index (κ3) is 2.46. The summed E-state index contributed by atoms with van der Waals surface area (Å²) >= 11 is 0. The highest BCUT2D eigenvalue weighted by molar-refractivity contribution is 5.92. The van der Waals surface area contributed by atoms with E-state index in [0.29, 0.717) is 13.1 Å². The van der Waals surface area contributed by atoms with E-state index in [0.717, 1.165) is 5.56 Å². The molecule has 0 aliphatic carbocycles. The second kappa shape index (κ2) is 4.45. The molecule has 1 aromatic carbocycles. The van der Waals surface area contributed by atoms with Crippen molar-refractivity contribution in [1.29, 1.82) is 0 Å². The van der Waals surface area contributed by atoms with Gasteiger partial charge < -0.3 is 10.0 Å². The Hall–Kier alpha value is -1.68. The molecule has 2 rings (SSSR count). The maximum absolute atomic E-state index is 12.6. The van der Waals surface area contributed by atoms with Crippen LogP contribution in [0.1, 0.15) is 5.56 Å². The summed E-state index contributed by atoms with van der Waals surface area (Å²) in [4.78, 5) is 13.0. The zero-order valence-corrected chi connectivity index (χ0v) is 8.64. The highest BCUT2D eigenvalue weighted by Gasteiger charge is 2.26. The second-order valence-corrected chi connectivity index (χ2v) is 3.78. The van der Waals surface area contributed by atoms with E-state index >= 15 is 0 Å². The van der Waals surface area contributed by atoms with Crippen LogP contribution in [0.5, 0.6) is 0 Å². The first-order valence-corrected chi connectivity index (χ1v) is 5.06. The predicted octanol–water partition coefficient (Wildman–Crippen LogP) is 1.04. The average molecular weight is 221 g/mol. The number of hydrogen-bond donors (Lipinski definition) is 1. The molecular formula is C12H12FNO2. The molecule has 0 atom stereocenters. The number of halogens is 1. The van der Waals surface area contributed by atoms with Crippen LogP contribution in [0.25, 0.3) is 6.08 Å². The summed E-state index contributed by atoms with van der Waals surface area (Å²) in [6.45, 7) is 0.791. The standard InChI is InChI=1S/C12H12FNO2/c13-10-4-1-9(2-5-10)3-6-12(16)14-7-11(15)8-14/h1-6,11,15H,7-8H2/b6-3+. The van der Waals surface area contributed by atoms with E-state index in [4.69, 9.17) is 5.11 Å².